The van der Waals surface area contributed by atoms with Crippen LogP contribution in [0.15, 0.2) is 47.2 Å². The minimum absolute atomic E-state index is 0.715. The molecule has 4 heteroatoms. The summed E-state index contributed by atoms with van der Waals surface area (Å²) in [4.78, 5) is 0. The van der Waals surface area contributed by atoms with Crippen LogP contribution in [0.25, 0.3) is 11.1 Å². The quantitative estimate of drug-likeness (QED) is 0.472. The molecule has 2 rings (SSSR count). The van der Waals surface area contributed by atoms with Crippen molar-refractivity contribution in [3.05, 3.63) is 47.2 Å². The van der Waals surface area contributed by atoms with Crippen LogP contribution >= 0.6 is 15.9 Å². The summed E-state index contributed by atoms with van der Waals surface area (Å²) in [7, 11) is 0. The lowest BCUT2D eigenvalue weighted by Crippen LogP contribution is -2.27. The molecule has 76 valence electrons. The normalized spacial score (nSPS) is 10.2. The Labute approximate surface area is 95.9 Å². The zero-order valence-electron chi connectivity index (χ0n) is 7.89. The molecule has 1 aromatic heterocycles. The first-order chi connectivity index (χ1) is 7.16. The zero-order chi connectivity index (χ0) is 10.8. The molecule has 0 unspecified atom stereocenters. The second kappa shape index (κ2) is 3.90. The third kappa shape index (κ3) is 2.10. The van der Waals surface area contributed by atoms with E-state index >= 15 is 0 Å². The van der Waals surface area contributed by atoms with Crippen molar-refractivity contribution in [2.24, 2.45) is 0 Å². The molecule has 0 aliphatic heterocycles. The number of hydrogen-bond acceptors (Lipinski definition) is 2. The fourth-order valence-electron chi connectivity index (χ4n) is 1.32. The third-order valence-corrected chi connectivity index (χ3v) is 2.83. The molecule has 0 atom stereocenters. The van der Waals surface area contributed by atoms with Crippen molar-refractivity contribution in [3.8, 4) is 11.1 Å². The summed E-state index contributed by atoms with van der Waals surface area (Å²) in [5.41, 5.74) is 8.50. The Hall–Kier alpha value is -1.55. The highest BCUT2D eigenvalue weighted by Crippen LogP contribution is 2.26. The number of pyridine rings is 1. The molecule has 3 nitrogen and oxygen atoms in total. The molecule has 1 heterocycles. The van der Waals surface area contributed by atoms with Crippen LogP contribution in [-0.4, -0.2) is 5.21 Å². The van der Waals surface area contributed by atoms with Gasteiger partial charge in [0.2, 0.25) is 12.4 Å². The number of benzene rings is 1. The first-order valence-electron chi connectivity index (χ1n) is 4.43. The average molecular weight is 266 g/mol. The Kier molecular flexibility index (Phi) is 2.60. The predicted octanol–water partition coefficient (Wildman–Crippen LogP) is 2.22. The first-order valence-corrected chi connectivity index (χ1v) is 5.22. The highest BCUT2D eigenvalue weighted by molar-refractivity contribution is 9.10. The lowest BCUT2D eigenvalue weighted by molar-refractivity contribution is -0.904. The molecule has 0 radical (unpaired) electrons. The second-order valence-corrected chi connectivity index (χ2v) is 4.06. The number of hydrogen-bond donors (Lipinski definition) is 2. The molecule has 0 fully saturated rings. The smallest absolute Gasteiger partial charge is 0.222 e. The van der Waals surface area contributed by atoms with Crippen LogP contribution in [0.5, 0.6) is 0 Å². The van der Waals surface area contributed by atoms with Crippen LogP contribution in [0.4, 0.5) is 5.69 Å². The molecule has 1 aromatic carbocycles. The maximum atomic E-state index is 9.09. The lowest BCUT2D eigenvalue weighted by Gasteiger charge is -2.02. The van der Waals surface area contributed by atoms with E-state index < -0.39 is 0 Å². The van der Waals surface area contributed by atoms with Gasteiger partial charge in [0.1, 0.15) is 0 Å². The van der Waals surface area contributed by atoms with E-state index in [-0.39, 0.29) is 0 Å². The van der Waals surface area contributed by atoms with Gasteiger partial charge in [0.25, 0.3) is 0 Å². The fraction of sp³-hybridized carbons (Fsp3) is 0. The van der Waals surface area contributed by atoms with E-state index in [0.29, 0.717) is 5.69 Å². The highest BCUT2D eigenvalue weighted by atomic mass is 79.9. The molecule has 0 bridgehead atoms. The van der Waals surface area contributed by atoms with Gasteiger partial charge in [-0.25, -0.2) is 0 Å². The minimum atomic E-state index is 0.715. The topological polar surface area (TPSA) is 50.1 Å². The molecule has 0 saturated heterocycles. The monoisotopic (exact) mass is 265 g/mol. The van der Waals surface area contributed by atoms with Gasteiger partial charge in [0.05, 0.1) is 0 Å². The fourth-order valence-corrected chi connectivity index (χ4v) is 1.70. The standard InChI is InChI=1S/C11H9BrN2O/c12-10-7-9(1-2-11(10)13)8-3-5-14(15)6-4-8/h1-7,13,15H/p+1. The zero-order valence-corrected chi connectivity index (χ0v) is 9.48. The van der Waals surface area contributed by atoms with Gasteiger partial charge in [-0.1, -0.05) is 6.07 Å². The summed E-state index contributed by atoms with van der Waals surface area (Å²) >= 11 is 3.38. The van der Waals surface area contributed by atoms with Gasteiger partial charge in [0.15, 0.2) is 0 Å². The van der Waals surface area contributed by atoms with Crippen LogP contribution < -0.4 is 10.5 Å². The molecule has 0 spiro atoms. The number of aromatic nitrogens is 1. The van der Waals surface area contributed by atoms with Crippen LogP contribution in [0.3, 0.4) is 0 Å². The summed E-state index contributed by atoms with van der Waals surface area (Å²) in [5, 5.41) is 9.09. The van der Waals surface area contributed by atoms with Crippen molar-refractivity contribution in [1.82, 2.24) is 0 Å². The van der Waals surface area contributed by atoms with Crippen LogP contribution in [0.2, 0.25) is 0 Å². The molecule has 0 aliphatic carbocycles. The molecule has 2 aromatic rings. The summed E-state index contributed by atoms with van der Waals surface area (Å²) < 4.78 is 1.89. The van der Waals surface area contributed by atoms with E-state index in [2.05, 4.69) is 15.9 Å². The van der Waals surface area contributed by atoms with Gasteiger partial charge < -0.3 is 5.73 Å². The average Bonchev–Trinajstić information content (AvgIpc) is 2.23. The number of rotatable bonds is 1. The largest absolute Gasteiger partial charge is 0.398 e. The molecule has 0 amide bonds. The van der Waals surface area contributed by atoms with E-state index in [1.54, 1.807) is 12.4 Å². The van der Waals surface area contributed by atoms with Crippen molar-refractivity contribution >= 4 is 21.6 Å². The Bertz CT molecular complexity index is 482. The van der Waals surface area contributed by atoms with E-state index in [9.17, 15) is 0 Å². The number of nitrogen functional groups attached to an aromatic ring is 1. The number of anilines is 1. The van der Waals surface area contributed by atoms with Gasteiger partial charge in [-0.3, -0.25) is 5.21 Å². The summed E-state index contributed by atoms with van der Waals surface area (Å²) in [5.74, 6) is 0. The predicted molar refractivity (Wildman–Crippen MR) is 61.4 cm³/mol. The van der Waals surface area contributed by atoms with Crippen LogP contribution in [0, 0.1) is 0 Å². The third-order valence-electron chi connectivity index (χ3n) is 2.15. The maximum Gasteiger partial charge on any atom is 0.222 e. The Morgan fingerprint density at radius 3 is 2.33 bits per heavy atom. The summed E-state index contributed by atoms with van der Waals surface area (Å²) in [6.45, 7) is 0. The first kappa shape index (κ1) is 9.98. The number of halogens is 1. The van der Waals surface area contributed by atoms with Crippen molar-refractivity contribution in [2.75, 3.05) is 5.73 Å². The number of nitrogens with two attached hydrogens (primary N) is 1. The maximum absolute atomic E-state index is 9.09. The number of nitrogens with zero attached hydrogens (tertiary/aromatic N) is 1. The van der Waals surface area contributed by atoms with E-state index in [1.807, 2.05) is 30.3 Å². The lowest BCUT2D eigenvalue weighted by atomic mass is 10.1. The van der Waals surface area contributed by atoms with Gasteiger partial charge in [-0.2, -0.15) is 0 Å². The molecular weight excluding hydrogens is 256 g/mol. The van der Waals surface area contributed by atoms with Crippen molar-refractivity contribution in [2.45, 2.75) is 0 Å². The van der Waals surface area contributed by atoms with Crippen molar-refractivity contribution in [1.29, 1.82) is 0 Å². The van der Waals surface area contributed by atoms with Gasteiger partial charge in [0, 0.05) is 27.0 Å². The summed E-state index contributed by atoms with van der Waals surface area (Å²) in [6, 6.07) is 9.40. The van der Waals surface area contributed by atoms with Crippen molar-refractivity contribution in [3.63, 3.8) is 0 Å². The van der Waals surface area contributed by atoms with Gasteiger partial charge >= 0.3 is 0 Å². The molecule has 0 aliphatic rings. The Balaban J connectivity index is 2.45. The summed E-state index contributed by atoms with van der Waals surface area (Å²) in [6.07, 6.45) is 3.17. The van der Waals surface area contributed by atoms with E-state index in [4.69, 9.17) is 10.9 Å². The molecule has 3 N–H and O–H groups in total. The van der Waals surface area contributed by atoms with Gasteiger partial charge in [-0.05, 0) is 39.2 Å². The molecular formula is C11H10BrN2O+. The molecule has 0 saturated carbocycles. The highest BCUT2D eigenvalue weighted by Gasteiger charge is 2.03. The molecule has 15 heavy (non-hydrogen) atoms. The van der Waals surface area contributed by atoms with Crippen LogP contribution in [-0.2, 0) is 0 Å². The van der Waals surface area contributed by atoms with Crippen LogP contribution in [0.1, 0.15) is 0 Å². The minimum Gasteiger partial charge on any atom is -0.398 e. The Morgan fingerprint density at radius 2 is 1.73 bits per heavy atom. The van der Waals surface area contributed by atoms with Crippen molar-refractivity contribution < 1.29 is 9.94 Å². The van der Waals surface area contributed by atoms with E-state index in [1.165, 1.54) is 0 Å². The Morgan fingerprint density at radius 1 is 1.07 bits per heavy atom. The second-order valence-electron chi connectivity index (χ2n) is 3.20. The van der Waals surface area contributed by atoms with Gasteiger partial charge in [-0.15, -0.1) is 0 Å². The van der Waals surface area contributed by atoms with E-state index in [0.717, 1.165) is 20.3 Å². The SMILES string of the molecule is Nc1ccc(-c2cc[n+](O)cc2)cc1Br.